The second kappa shape index (κ2) is 6.66. The third-order valence-electron chi connectivity index (χ3n) is 2.42. The fourth-order valence-electron chi connectivity index (χ4n) is 1.69. The van der Waals surface area contributed by atoms with Gasteiger partial charge in [-0.1, -0.05) is 31.3 Å². The Morgan fingerprint density at radius 1 is 1.53 bits per heavy atom. The number of thiocarbonyl (C=S) groups is 1. The van der Waals surface area contributed by atoms with Crippen molar-refractivity contribution in [3.8, 4) is 0 Å². The molecule has 0 fully saturated rings. The maximum absolute atomic E-state index is 5.63. The summed E-state index contributed by atoms with van der Waals surface area (Å²) in [5.74, 6) is 0.300. The van der Waals surface area contributed by atoms with Gasteiger partial charge in [-0.05, 0) is 19.3 Å². The molecule has 0 saturated carbocycles. The lowest BCUT2D eigenvalue weighted by atomic mass is 10.1. The predicted molar refractivity (Wildman–Crippen MR) is 71.1 cm³/mol. The second-order valence-electron chi connectivity index (χ2n) is 4.12. The molecule has 96 valence electrons. The highest BCUT2D eigenvalue weighted by Gasteiger charge is 2.17. The van der Waals surface area contributed by atoms with Crippen molar-refractivity contribution in [1.29, 1.82) is 0 Å². The minimum atomic E-state index is 0.300. The molecule has 0 aliphatic rings. The number of ether oxygens (including phenoxy) is 1. The monoisotopic (exact) mass is 256 g/mol. The minimum absolute atomic E-state index is 0.300. The van der Waals surface area contributed by atoms with Gasteiger partial charge in [-0.25, -0.2) is 4.68 Å². The van der Waals surface area contributed by atoms with Crippen molar-refractivity contribution in [2.24, 2.45) is 5.73 Å². The van der Waals surface area contributed by atoms with Gasteiger partial charge in [0.05, 0.1) is 5.69 Å². The van der Waals surface area contributed by atoms with Crippen molar-refractivity contribution in [2.45, 2.75) is 39.7 Å². The normalized spacial score (nSPS) is 11.1. The lowest BCUT2D eigenvalue weighted by Crippen LogP contribution is -2.15. The fourth-order valence-corrected chi connectivity index (χ4v) is 1.84. The molecular formula is C11H20N4OS. The van der Waals surface area contributed by atoms with E-state index < -0.39 is 0 Å². The molecule has 0 aliphatic carbocycles. The van der Waals surface area contributed by atoms with Crippen LogP contribution >= 0.6 is 12.2 Å². The lowest BCUT2D eigenvalue weighted by molar-refractivity contribution is 0.140. The summed E-state index contributed by atoms with van der Waals surface area (Å²) in [5.41, 5.74) is 7.29. The first-order chi connectivity index (χ1) is 8.07. The molecule has 0 atom stereocenters. The molecule has 0 radical (unpaired) electrons. The van der Waals surface area contributed by atoms with Gasteiger partial charge in [0.1, 0.15) is 10.7 Å². The van der Waals surface area contributed by atoms with Crippen LogP contribution in [-0.4, -0.2) is 33.2 Å². The number of hydrogen-bond donors (Lipinski definition) is 1. The van der Waals surface area contributed by atoms with E-state index in [4.69, 9.17) is 22.7 Å². The van der Waals surface area contributed by atoms with Gasteiger partial charge in [-0.2, -0.15) is 0 Å². The van der Waals surface area contributed by atoms with Crippen molar-refractivity contribution < 1.29 is 4.74 Å². The number of nitrogens with two attached hydrogens (primary N) is 1. The third-order valence-corrected chi connectivity index (χ3v) is 2.61. The Morgan fingerprint density at radius 3 is 2.76 bits per heavy atom. The molecular weight excluding hydrogens is 236 g/mol. The Hall–Kier alpha value is -1.01. The Kier molecular flexibility index (Phi) is 5.50. The van der Waals surface area contributed by atoms with Crippen LogP contribution < -0.4 is 5.73 Å². The van der Waals surface area contributed by atoms with Gasteiger partial charge in [-0.15, -0.1) is 5.10 Å². The highest BCUT2D eigenvalue weighted by atomic mass is 32.1. The molecule has 1 heterocycles. The SMILES string of the molecule is CCOCCCn1nnc(C(N)=S)c1C(C)C. The average Bonchev–Trinajstić information content (AvgIpc) is 2.68. The molecule has 1 aromatic heterocycles. The first kappa shape index (κ1) is 14.1. The Bertz CT molecular complexity index is 376. The van der Waals surface area contributed by atoms with Crippen LogP contribution in [0.3, 0.4) is 0 Å². The summed E-state index contributed by atoms with van der Waals surface area (Å²) in [6, 6.07) is 0. The van der Waals surface area contributed by atoms with Gasteiger partial charge in [0.25, 0.3) is 0 Å². The van der Waals surface area contributed by atoms with Crippen molar-refractivity contribution in [3.63, 3.8) is 0 Å². The molecule has 0 saturated heterocycles. The van der Waals surface area contributed by atoms with Crippen LogP contribution in [0.1, 0.15) is 44.5 Å². The molecule has 5 nitrogen and oxygen atoms in total. The highest BCUT2D eigenvalue weighted by Crippen LogP contribution is 2.17. The van der Waals surface area contributed by atoms with Crippen LogP contribution in [-0.2, 0) is 11.3 Å². The molecule has 0 bridgehead atoms. The molecule has 0 amide bonds. The van der Waals surface area contributed by atoms with Crippen LogP contribution in [0.15, 0.2) is 0 Å². The van der Waals surface area contributed by atoms with E-state index in [9.17, 15) is 0 Å². The summed E-state index contributed by atoms with van der Waals surface area (Å²) in [4.78, 5) is 0.310. The Morgan fingerprint density at radius 2 is 2.24 bits per heavy atom. The molecule has 2 N–H and O–H groups in total. The molecule has 0 aliphatic heterocycles. The molecule has 0 unspecified atom stereocenters. The summed E-state index contributed by atoms with van der Waals surface area (Å²) in [6.45, 7) is 8.41. The topological polar surface area (TPSA) is 66.0 Å². The zero-order chi connectivity index (χ0) is 12.8. The number of nitrogens with zero attached hydrogens (tertiary/aromatic N) is 3. The van der Waals surface area contributed by atoms with Gasteiger partial charge >= 0.3 is 0 Å². The summed E-state index contributed by atoms with van der Waals surface area (Å²) in [6.07, 6.45) is 0.910. The largest absolute Gasteiger partial charge is 0.388 e. The molecule has 17 heavy (non-hydrogen) atoms. The second-order valence-corrected chi connectivity index (χ2v) is 4.56. The number of rotatable bonds is 7. The van der Waals surface area contributed by atoms with E-state index in [1.165, 1.54) is 0 Å². The predicted octanol–water partition coefficient (Wildman–Crippen LogP) is 1.46. The summed E-state index contributed by atoms with van der Waals surface area (Å²) < 4.78 is 7.17. The molecule has 6 heteroatoms. The van der Waals surface area contributed by atoms with Crippen LogP contribution in [0.4, 0.5) is 0 Å². The van der Waals surface area contributed by atoms with Gasteiger partial charge in [0.2, 0.25) is 0 Å². The van der Waals surface area contributed by atoms with E-state index in [1.54, 1.807) is 0 Å². The first-order valence-corrected chi connectivity index (χ1v) is 6.29. The van der Waals surface area contributed by atoms with Crippen LogP contribution in [0.5, 0.6) is 0 Å². The fraction of sp³-hybridized carbons (Fsp3) is 0.727. The van der Waals surface area contributed by atoms with Crippen LogP contribution in [0, 0.1) is 0 Å². The number of hydrogen-bond acceptors (Lipinski definition) is 4. The maximum atomic E-state index is 5.63. The van der Waals surface area contributed by atoms with Crippen molar-refractivity contribution in [3.05, 3.63) is 11.4 Å². The quantitative estimate of drug-likeness (QED) is 0.591. The summed E-state index contributed by atoms with van der Waals surface area (Å²) in [7, 11) is 0. The van der Waals surface area contributed by atoms with E-state index in [0.717, 1.165) is 31.9 Å². The van der Waals surface area contributed by atoms with Gasteiger partial charge in [0, 0.05) is 19.8 Å². The van der Waals surface area contributed by atoms with E-state index in [2.05, 4.69) is 24.2 Å². The van der Waals surface area contributed by atoms with Crippen molar-refractivity contribution in [1.82, 2.24) is 15.0 Å². The number of aromatic nitrogens is 3. The summed E-state index contributed by atoms with van der Waals surface area (Å²) in [5, 5.41) is 8.14. The van der Waals surface area contributed by atoms with E-state index >= 15 is 0 Å². The lowest BCUT2D eigenvalue weighted by Gasteiger charge is -2.10. The minimum Gasteiger partial charge on any atom is -0.388 e. The van der Waals surface area contributed by atoms with E-state index in [1.807, 2.05) is 11.6 Å². The smallest absolute Gasteiger partial charge is 0.143 e. The van der Waals surface area contributed by atoms with Crippen LogP contribution in [0.2, 0.25) is 0 Å². The Labute approximate surface area is 107 Å². The maximum Gasteiger partial charge on any atom is 0.143 e. The molecule has 1 rings (SSSR count). The number of aryl methyl sites for hydroxylation is 1. The van der Waals surface area contributed by atoms with Crippen molar-refractivity contribution in [2.75, 3.05) is 13.2 Å². The van der Waals surface area contributed by atoms with Gasteiger partial charge in [-0.3, -0.25) is 0 Å². The Balaban J connectivity index is 2.74. The molecule has 0 aromatic carbocycles. The third kappa shape index (κ3) is 3.74. The van der Waals surface area contributed by atoms with E-state index in [0.29, 0.717) is 16.6 Å². The van der Waals surface area contributed by atoms with Crippen LogP contribution in [0.25, 0.3) is 0 Å². The zero-order valence-corrected chi connectivity index (χ0v) is 11.5. The van der Waals surface area contributed by atoms with Gasteiger partial charge < -0.3 is 10.5 Å². The molecule has 0 spiro atoms. The van der Waals surface area contributed by atoms with E-state index in [-0.39, 0.29) is 0 Å². The highest BCUT2D eigenvalue weighted by molar-refractivity contribution is 7.80. The van der Waals surface area contributed by atoms with Gasteiger partial charge in [0.15, 0.2) is 0 Å². The summed E-state index contributed by atoms with van der Waals surface area (Å²) >= 11 is 4.97. The van der Waals surface area contributed by atoms with Crippen molar-refractivity contribution >= 4 is 17.2 Å². The average molecular weight is 256 g/mol. The first-order valence-electron chi connectivity index (χ1n) is 5.88. The standard InChI is InChI=1S/C11H20N4OS/c1-4-16-7-5-6-15-10(8(2)3)9(11(12)17)13-14-15/h8H,4-7H2,1-3H3,(H2,12,17). The zero-order valence-electron chi connectivity index (χ0n) is 10.6. The molecule has 1 aromatic rings.